The van der Waals surface area contributed by atoms with Crippen molar-refractivity contribution < 1.29 is 4.39 Å². The molecule has 0 unspecified atom stereocenters. The van der Waals surface area contributed by atoms with Gasteiger partial charge >= 0.3 is 0 Å². The molecule has 6 rings (SSSR count). The Bertz CT molecular complexity index is 1700. The van der Waals surface area contributed by atoms with Crippen molar-refractivity contribution in [2.75, 3.05) is 32.5 Å². The number of para-hydroxylation sites is 1. The van der Waals surface area contributed by atoms with Gasteiger partial charge in [-0.3, -0.25) is 10.1 Å². The maximum absolute atomic E-state index is 14.6. The van der Waals surface area contributed by atoms with Crippen LogP contribution in [-0.2, 0) is 0 Å². The predicted molar refractivity (Wildman–Crippen MR) is 145 cm³/mol. The molecule has 0 aliphatic rings. The normalized spacial score (nSPS) is 11.6. The summed E-state index contributed by atoms with van der Waals surface area (Å²) in [4.78, 5) is 19.4. The second-order valence-corrected chi connectivity index (χ2v) is 9.15. The zero-order valence-corrected chi connectivity index (χ0v) is 20.5. The Labute approximate surface area is 212 Å². The fraction of sp³-hybridized carbons (Fsp3) is 0.143. The van der Waals surface area contributed by atoms with Crippen LogP contribution in [0.4, 0.5) is 10.1 Å². The molecular weight excluding hydrogens is 467 g/mol. The number of halogens is 1. The van der Waals surface area contributed by atoms with Crippen LogP contribution in [0.15, 0.2) is 73.1 Å². The number of pyridine rings is 2. The first-order valence-electron chi connectivity index (χ1n) is 12.0. The van der Waals surface area contributed by atoms with Crippen molar-refractivity contribution in [2.24, 2.45) is 0 Å². The van der Waals surface area contributed by atoms with Gasteiger partial charge in [0.2, 0.25) is 0 Å². The van der Waals surface area contributed by atoms with Crippen LogP contribution in [0.5, 0.6) is 0 Å². The van der Waals surface area contributed by atoms with Gasteiger partial charge in [0.15, 0.2) is 11.5 Å². The Balaban J connectivity index is 1.41. The molecule has 184 valence electrons. The molecular formula is C28H25FN8. The summed E-state index contributed by atoms with van der Waals surface area (Å²) in [5.41, 5.74) is 7.74. The molecule has 3 N–H and O–H groups in total. The van der Waals surface area contributed by atoms with Crippen molar-refractivity contribution in [1.29, 1.82) is 0 Å². The minimum Gasteiger partial charge on any atom is -0.384 e. The number of anilines is 1. The van der Waals surface area contributed by atoms with Crippen LogP contribution in [0.2, 0.25) is 0 Å². The van der Waals surface area contributed by atoms with Gasteiger partial charge < -0.3 is 15.2 Å². The number of nitrogens with one attached hydrogen (secondary N) is 3. The molecule has 0 saturated heterocycles. The van der Waals surface area contributed by atoms with Crippen LogP contribution in [0, 0.1) is 5.82 Å². The Hall–Kier alpha value is -4.63. The Morgan fingerprint density at radius 1 is 0.919 bits per heavy atom. The highest BCUT2D eigenvalue weighted by atomic mass is 19.1. The molecule has 0 atom stereocenters. The molecule has 0 aliphatic heterocycles. The molecule has 0 aliphatic carbocycles. The fourth-order valence-electron chi connectivity index (χ4n) is 4.39. The molecule has 0 fully saturated rings. The fourth-order valence-corrected chi connectivity index (χ4v) is 4.39. The summed E-state index contributed by atoms with van der Waals surface area (Å²) in [6.45, 7) is 1.56. The minimum atomic E-state index is -0.303. The van der Waals surface area contributed by atoms with E-state index in [9.17, 15) is 4.39 Å². The lowest BCUT2D eigenvalue weighted by atomic mass is 10.0. The highest BCUT2D eigenvalue weighted by Gasteiger charge is 2.17. The summed E-state index contributed by atoms with van der Waals surface area (Å²) in [6.07, 6.45) is 3.52. The number of imidazole rings is 1. The van der Waals surface area contributed by atoms with Crippen molar-refractivity contribution in [2.45, 2.75) is 0 Å². The molecule has 6 aromatic rings. The van der Waals surface area contributed by atoms with E-state index in [1.54, 1.807) is 12.4 Å². The van der Waals surface area contributed by atoms with Crippen molar-refractivity contribution in [3.05, 3.63) is 78.9 Å². The average molecular weight is 493 g/mol. The molecule has 0 amide bonds. The van der Waals surface area contributed by atoms with Gasteiger partial charge in [0, 0.05) is 42.3 Å². The minimum absolute atomic E-state index is 0.303. The van der Waals surface area contributed by atoms with Gasteiger partial charge in [-0.05, 0) is 68.2 Å². The first-order chi connectivity index (χ1) is 18.0. The van der Waals surface area contributed by atoms with Crippen molar-refractivity contribution >= 4 is 27.8 Å². The molecule has 4 heterocycles. The van der Waals surface area contributed by atoms with Crippen LogP contribution < -0.4 is 5.32 Å². The molecule has 8 nitrogen and oxygen atoms in total. The topological polar surface area (TPSA) is 98.4 Å². The number of H-pyrrole nitrogens is 2. The third-order valence-electron chi connectivity index (χ3n) is 6.20. The van der Waals surface area contributed by atoms with Crippen LogP contribution >= 0.6 is 0 Å². The van der Waals surface area contributed by atoms with E-state index in [0.29, 0.717) is 23.6 Å². The van der Waals surface area contributed by atoms with Crippen LogP contribution in [0.25, 0.3) is 56.0 Å². The number of aromatic nitrogens is 6. The monoisotopic (exact) mass is 492 g/mol. The molecule has 0 radical (unpaired) electrons. The van der Waals surface area contributed by atoms with Crippen molar-refractivity contribution in [3.8, 4) is 33.9 Å². The number of aromatic amines is 2. The molecule has 2 aromatic carbocycles. The van der Waals surface area contributed by atoms with Gasteiger partial charge in [-0.2, -0.15) is 5.10 Å². The summed E-state index contributed by atoms with van der Waals surface area (Å²) in [5.74, 6) is 0.285. The zero-order chi connectivity index (χ0) is 25.4. The number of benzene rings is 2. The number of hydrogen-bond donors (Lipinski definition) is 3. The molecule has 0 saturated carbocycles. The van der Waals surface area contributed by atoms with E-state index < -0.39 is 0 Å². The first kappa shape index (κ1) is 22.8. The average Bonchev–Trinajstić information content (AvgIpc) is 3.52. The zero-order valence-electron chi connectivity index (χ0n) is 20.5. The molecule has 4 aromatic heterocycles. The smallest absolute Gasteiger partial charge is 0.161 e. The third-order valence-corrected chi connectivity index (χ3v) is 6.20. The highest BCUT2D eigenvalue weighted by Crippen LogP contribution is 2.33. The second kappa shape index (κ2) is 9.44. The third kappa shape index (κ3) is 4.52. The van der Waals surface area contributed by atoms with Gasteiger partial charge in [0.05, 0.1) is 22.2 Å². The van der Waals surface area contributed by atoms with E-state index >= 15 is 0 Å². The Morgan fingerprint density at radius 2 is 1.84 bits per heavy atom. The number of hydrogen-bond acceptors (Lipinski definition) is 6. The van der Waals surface area contributed by atoms with Crippen LogP contribution in [0.3, 0.4) is 0 Å². The van der Waals surface area contributed by atoms with Crippen LogP contribution in [0.1, 0.15) is 0 Å². The van der Waals surface area contributed by atoms with Crippen molar-refractivity contribution in [3.63, 3.8) is 0 Å². The summed E-state index contributed by atoms with van der Waals surface area (Å²) in [5, 5.41) is 10.9. The molecule has 0 spiro atoms. The standard InChI is InChI=1S/C28H25FN8/c1-37(2)12-11-31-20-14-18(13-19(29)15-20)21-6-3-7-23-25(21)34-28(33-23)27-26-24(35-36-27)9-8-22(32-26)17-5-4-10-30-16-17/h3-10,13-16,31H,11-12H2,1-2H3,(H,33,34)(H,35,36). The van der Waals surface area contributed by atoms with E-state index in [4.69, 9.17) is 9.97 Å². The number of likely N-dealkylation sites (N-methyl/N-ethyl adjacent to an activating group) is 1. The lowest BCUT2D eigenvalue weighted by Crippen LogP contribution is -2.20. The van der Waals surface area contributed by atoms with Gasteiger partial charge in [-0.25, -0.2) is 14.4 Å². The molecule has 0 bridgehead atoms. The van der Waals surface area contributed by atoms with E-state index in [0.717, 1.165) is 51.2 Å². The highest BCUT2D eigenvalue weighted by molar-refractivity contribution is 5.96. The summed E-state index contributed by atoms with van der Waals surface area (Å²) >= 11 is 0. The summed E-state index contributed by atoms with van der Waals surface area (Å²) in [6, 6.07) is 18.6. The summed E-state index contributed by atoms with van der Waals surface area (Å²) < 4.78 is 14.6. The SMILES string of the molecule is CN(C)CCNc1cc(F)cc(-c2cccc3[nH]c(-c4n[nH]c5ccc(-c6cccnc6)nc45)nc23)c1. The Morgan fingerprint density at radius 3 is 2.68 bits per heavy atom. The number of fused-ring (bicyclic) bond motifs is 2. The quantitative estimate of drug-likeness (QED) is 0.278. The van der Waals surface area contributed by atoms with E-state index in [2.05, 4.69) is 30.4 Å². The van der Waals surface area contributed by atoms with E-state index in [-0.39, 0.29) is 5.82 Å². The van der Waals surface area contributed by atoms with Gasteiger partial charge in [0.1, 0.15) is 11.3 Å². The van der Waals surface area contributed by atoms with Gasteiger partial charge in [0.25, 0.3) is 0 Å². The Kier molecular flexibility index (Phi) is 5.82. The maximum atomic E-state index is 14.6. The largest absolute Gasteiger partial charge is 0.384 e. The summed E-state index contributed by atoms with van der Waals surface area (Å²) in [7, 11) is 4.01. The lowest BCUT2D eigenvalue weighted by Gasteiger charge is -2.13. The lowest BCUT2D eigenvalue weighted by molar-refractivity contribution is 0.425. The van der Waals surface area contributed by atoms with Crippen molar-refractivity contribution in [1.82, 2.24) is 35.0 Å². The van der Waals surface area contributed by atoms with E-state index in [1.807, 2.05) is 62.6 Å². The van der Waals surface area contributed by atoms with Gasteiger partial charge in [-0.15, -0.1) is 0 Å². The molecule has 37 heavy (non-hydrogen) atoms. The van der Waals surface area contributed by atoms with Gasteiger partial charge in [-0.1, -0.05) is 12.1 Å². The number of nitrogens with zero attached hydrogens (tertiary/aromatic N) is 5. The van der Waals surface area contributed by atoms with Crippen LogP contribution in [-0.4, -0.2) is 62.2 Å². The van der Waals surface area contributed by atoms with E-state index in [1.165, 1.54) is 12.1 Å². The first-order valence-corrected chi connectivity index (χ1v) is 12.0. The second-order valence-electron chi connectivity index (χ2n) is 9.15. The predicted octanol–water partition coefficient (Wildman–Crippen LogP) is 5.34. The molecule has 9 heteroatoms. The number of rotatable bonds is 7. The maximum Gasteiger partial charge on any atom is 0.161 e.